The zero-order valence-electron chi connectivity index (χ0n) is 12.5. The highest BCUT2D eigenvalue weighted by atomic mass is 35.5. The van der Waals surface area contributed by atoms with Crippen LogP contribution in [0.1, 0.15) is 11.3 Å². The van der Waals surface area contributed by atoms with Crippen molar-refractivity contribution in [2.75, 3.05) is 13.2 Å². The molecule has 0 radical (unpaired) electrons. The Morgan fingerprint density at radius 2 is 2.04 bits per heavy atom. The van der Waals surface area contributed by atoms with Crippen molar-refractivity contribution in [1.82, 2.24) is 15.1 Å². The molecule has 8 heteroatoms. The van der Waals surface area contributed by atoms with Gasteiger partial charge in [-0.3, -0.25) is 14.5 Å². The highest BCUT2D eigenvalue weighted by Crippen LogP contribution is 2.31. The molecule has 0 atom stereocenters. The molecule has 0 saturated heterocycles. The second-order valence-corrected chi connectivity index (χ2v) is 5.39. The number of halogens is 1. The van der Waals surface area contributed by atoms with E-state index in [0.717, 1.165) is 5.56 Å². The molecule has 0 aliphatic carbocycles. The van der Waals surface area contributed by atoms with Crippen molar-refractivity contribution in [3.8, 4) is 17.1 Å². The fraction of sp³-hybridized carbons (Fsp3) is 0.188. The predicted molar refractivity (Wildman–Crippen MR) is 87.2 cm³/mol. The van der Waals surface area contributed by atoms with Crippen molar-refractivity contribution in [3.63, 3.8) is 0 Å². The lowest BCUT2D eigenvalue weighted by Crippen LogP contribution is -2.06. The maximum Gasteiger partial charge on any atom is 0.439 e. The number of nitrogens with zero attached hydrogens (tertiary/aromatic N) is 2. The highest BCUT2D eigenvalue weighted by Gasteiger charge is 2.18. The summed E-state index contributed by atoms with van der Waals surface area (Å²) in [5.74, 6) is 0.0111. The van der Waals surface area contributed by atoms with Gasteiger partial charge in [0.15, 0.2) is 5.82 Å². The summed E-state index contributed by atoms with van der Waals surface area (Å²) in [4.78, 5) is 18.2. The van der Waals surface area contributed by atoms with Crippen LogP contribution in [-0.2, 0) is 6.42 Å². The molecule has 24 heavy (non-hydrogen) atoms. The SMILES string of the molecule is O=c1[nH]c(-c2c(OCCO)ccnc2Cc2ccc(Cl)cc2)no1. The molecule has 2 aromatic heterocycles. The largest absolute Gasteiger partial charge is 0.490 e. The Morgan fingerprint density at radius 1 is 1.25 bits per heavy atom. The molecule has 0 spiro atoms. The minimum atomic E-state index is -0.667. The van der Waals surface area contributed by atoms with E-state index in [0.29, 0.717) is 28.5 Å². The standard InChI is InChI=1S/C16H14ClN3O4/c17-11-3-1-10(2-4-11)9-12-14(15-19-16(22)24-20-15)13(5-6-18-12)23-8-7-21/h1-6,21H,7-9H2,(H,19,20,22). The molecule has 0 aliphatic rings. The highest BCUT2D eigenvalue weighted by molar-refractivity contribution is 6.30. The van der Waals surface area contributed by atoms with E-state index in [-0.39, 0.29) is 19.0 Å². The second kappa shape index (κ2) is 7.29. The first-order valence-corrected chi connectivity index (χ1v) is 7.57. The lowest BCUT2D eigenvalue weighted by atomic mass is 10.0. The molecule has 3 rings (SSSR count). The minimum Gasteiger partial charge on any atom is -0.490 e. The summed E-state index contributed by atoms with van der Waals surface area (Å²) in [5, 5.41) is 13.3. The maximum atomic E-state index is 11.3. The van der Waals surface area contributed by atoms with Gasteiger partial charge in [-0.15, -0.1) is 0 Å². The number of aliphatic hydroxyl groups is 1. The van der Waals surface area contributed by atoms with Crippen LogP contribution in [0, 0.1) is 0 Å². The number of pyridine rings is 1. The van der Waals surface area contributed by atoms with Crippen LogP contribution >= 0.6 is 11.6 Å². The van der Waals surface area contributed by atoms with Crippen LogP contribution in [0.2, 0.25) is 5.02 Å². The van der Waals surface area contributed by atoms with E-state index in [1.54, 1.807) is 24.4 Å². The first kappa shape index (κ1) is 16.2. The lowest BCUT2D eigenvalue weighted by molar-refractivity contribution is 0.201. The van der Waals surface area contributed by atoms with Crippen molar-refractivity contribution < 1.29 is 14.4 Å². The second-order valence-electron chi connectivity index (χ2n) is 4.95. The monoisotopic (exact) mass is 347 g/mol. The Kier molecular flexibility index (Phi) is 4.93. The summed E-state index contributed by atoms with van der Waals surface area (Å²) >= 11 is 5.91. The first-order chi connectivity index (χ1) is 11.7. The number of H-pyrrole nitrogens is 1. The fourth-order valence-electron chi connectivity index (χ4n) is 2.28. The third-order valence-electron chi connectivity index (χ3n) is 3.30. The average molecular weight is 348 g/mol. The Bertz CT molecular complexity index is 874. The Hall–Kier alpha value is -2.64. The molecule has 0 saturated carbocycles. The normalized spacial score (nSPS) is 10.8. The van der Waals surface area contributed by atoms with Gasteiger partial charge < -0.3 is 9.84 Å². The van der Waals surface area contributed by atoms with Crippen molar-refractivity contribution in [3.05, 3.63) is 63.4 Å². The molecule has 2 heterocycles. The molecule has 7 nitrogen and oxygen atoms in total. The fourth-order valence-corrected chi connectivity index (χ4v) is 2.41. The van der Waals surface area contributed by atoms with Crippen molar-refractivity contribution in [2.45, 2.75) is 6.42 Å². The average Bonchev–Trinajstić information content (AvgIpc) is 3.01. The van der Waals surface area contributed by atoms with Crippen molar-refractivity contribution in [1.29, 1.82) is 0 Å². The molecule has 0 unspecified atom stereocenters. The Balaban J connectivity index is 2.03. The van der Waals surface area contributed by atoms with Gasteiger partial charge in [-0.1, -0.05) is 28.9 Å². The van der Waals surface area contributed by atoms with E-state index >= 15 is 0 Å². The molecule has 124 valence electrons. The Morgan fingerprint density at radius 3 is 2.71 bits per heavy atom. The summed E-state index contributed by atoms with van der Waals surface area (Å²) in [7, 11) is 0. The van der Waals surface area contributed by atoms with Crippen molar-refractivity contribution >= 4 is 11.6 Å². The summed E-state index contributed by atoms with van der Waals surface area (Å²) in [6, 6.07) is 9.01. The summed E-state index contributed by atoms with van der Waals surface area (Å²) in [6.07, 6.45) is 2.08. The van der Waals surface area contributed by atoms with E-state index < -0.39 is 5.76 Å². The van der Waals surface area contributed by atoms with Crippen LogP contribution < -0.4 is 10.5 Å². The molecule has 0 amide bonds. The topological polar surface area (TPSA) is 101 Å². The maximum absolute atomic E-state index is 11.3. The first-order valence-electron chi connectivity index (χ1n) is 7.19. The number of aliphatic hydroxyl groups excluding tert-OH is 1. The quantitative estimate of drug-likeness (QED) is 0.707. The minimum absolute atomic E-state index is 0.111. The summed E-state index contributed by atoms with van der Waals surface area (Å²) < 4.78 is 10.1. The van der Waals surface area contributed by atoms with Gasteiger partial charge in [0.25, 0.3) is 0 Å². The Labute approximate surface area is 141 Å². The van der Waals surface area contributed by atoms with Crippen LogP contribution in [0.25, 0.3) is 11.4 Å². The lowest BCUT2D eigenvalue weighted by Gasteiger charge is -2.12. The molecule has 0 bridgehead atoms. The number of aromatic nitrogens is 3. The number of aromatic amines is 1. The number of hydrogen-bond acceptors (Lipinski definition) is 6. The van der Waals surface area contributed by atoms with E-state index in [4.69, 9.17) is 21.4 Å². The van der Waals surface area contributed by atoms with E-state index in [1.165, 1.54) is 0 Å². The number of ether oxygens (including phenoxy) is 1. The van der Waals surface area contributed by atoms with E-state index in [9.17, 15) is 4.79 Å². The summed E-state index contributed by atoms with van der Waals surface area (Å²) in [6.45, 7) is -0.0247. The third kappa shape index (κ3) is 3.64. The number of benzene rings is 1. The smallest absolute Gasteiger partial charge is 0.439 e. The molecule has 1 aromatic carbocycles. The number of nitrogens with one attached hydrogen (secondary N) is 1. The molecule has 0 fully saturated rings. The number of rotatable bonds is 6. The molecule has 0 aliphatic heterocycles. The van der Waals surface area contributed by atoms with Gasteiger partial charge in [-0.05, 0) is 23.8 Å². The van der Waals surface area contributed by atoms with Gasteiger partial charge in [-0.2, -0.15) is 0 Å². The van der Waals surface area contributed by atoms with Crippen LogP contribution in [0.3, 0.4) is 0 Å². The van der Waals surface area contributed by atoms with Gasteiger partial charge in [-0.25, -0.2) is 4.79 Å². The third-order valence-corrected chi connectivity index (χ3v) is 3.55. The van der Waals surface area contributed by atoms with Gasteiger partial charge in [0.05, 0.1) is 17.9 Å². The van der Waals surface area contributed by atoms with Crippen LogP contribution in [-0.4, -0.2) is 33.4 Å². The van der Waals surface area contributed by atoms with Crippen molar-refractivity contribution in [2.24, 2.45) is 0 Å². The molecule has 3 aromatic rings. The van der Waals surface area contributed by atoms with Crippen LogP contribution in [0.15, 0.2) is 45.8 Å². The molecular formula is C16H14ClN3O4. The predicted octanol–water partition coefficient (Wildman–Crippen LogP) is 2.04. The van der Waals surface area contributed by atoms with E-state index in [2.05, 4.69) is 19.6 Å². The zero-order valence-corrected chi connectivity index (χ0v) is 13.3. The molecular weight excluding hydrogens is 334 g/mol. The van der Waals surface area contributed by atoms with Gasteiger partial charge in [0.2, 0.25) is 0 Å². The van der Waals surface area contributed by atoms with Gasteiger partial charge in [0, 0.05) is 17.6 Å². The summed E-state index contributed by atoms with van der Waals surface area (Å²) in [5.41, 5.74) is 2.15. The van der Waals surface area contributed by atoms with Gasteiger partial charge >= 0.3 is 5.76 Å². The number of hydrogen-bond donors (Lipinski definition) is 2. The van der Waals surface area contributed by atoms with Gasteiger partial charge in [0.1, 0.15) is 12.4 Å². The van der Waals surface area contributed by atoms with Crippen LogP contribution in [0.5, 0.6) is 5.75 Å². The van der Waals surface area contributed by atoms with Crippen LogP contribution in [0.4, 0.5) is 0 Å². The van der Waals surface area contributed by atoms with E-state index in [1.807, 2.05) is 12.1 Å². The zero-order chi connectivity index (χ0) is 16.9. The molecule has 2 N–H and O–H groups in total.